The summed E-state index contributed by atoms with van der Waals surface area (Å²) in [6.45, 7) is 4.03. The van der Waals surface area contributed by atoms with Crippen molar-refractivity contribution in [2.24, 2.45) is 5.92 Å². The lowest BCUT2D eigenvalue weighted by molar-refractivity contribution is -0.0194. The highest BCUT2D eigenvalue weighted by molar-refractivity contribution is 5.66. The van der Waals surface area contributed by atoms with Crippen molar-refractivity contribution < 1.29 is 31.4 Å². The van der Waals surface area contributed by atoms with E-state index >= 15 is 0 Å². The Balaban J connectivity index is 1.39. The Kier molecular flexibility index (Phi) is 8.64. The SMILES string of the molecule is CC=Cc1ccc(C2CCC(CCc3ccc(-c4ccc(OCC)c(F)c4F)c(F)c3F)CO2)cc1F. The van der Waals surface area contributed by atoms with Crippen LogP contribution < -0.4 is 4.74 Å². The normalized spacial score (nSPS) is 17.9. The van der Waals surface area contributed by atoms with Crippen molar-refractivity contribution in [1.82, 2.24) is 0 Å². The summed E-state index contributed by atoms with van der Waals surface area (Å²) in [7, 11) is 0. The van der Waals surface area contributed by atoms with Gasteiger partial charge in [0.2, 0.25) is 5.82 Å². The summed E-state index contributed by atoms with van der Waals surface area (Å²) in [5, 5.41) is 0. The van der Waals surface area contributed by atoms with E-state index in [0.29, 0.717) is 25.0 Å². The molecule has 2 nitrogen and oxygen atoms in total. The van der Waals surface area contributed by atoms with E-state index in [1.165, 1.54) is 30.3 Å². The second-order valence-corrected chi connectivity index (χ2v) is 9.16. The van der Waals surface area contributed by atoms with Crippen molar-refractivity contribution in [2.75, 3.05) is 13.2 Å². The van der Waals surface area contributed by atoms with Crippen LogP contribution in [0.4, 0.5) is 22.0 Å². The molecule has 7 heteroatoms. The van der Waals surface area contributed by atoms with Gasteiger partial charge in [-0.25, -0.2) is 17.6 Å². The van der Waals surface area contributed by atoms with Gasteiger partial charge in [-0.05, 0) is 74.8 Å². The molecule has 1 aliphatic heterocycles. The van der Waals surface area contributed by atoms with Crippen molar-refractivity contribution in [3.63, 3.8) is 0 Å². The summed E-state index contributed by atoms with van der Waals surface area (Å²) >= 11 is 0. The Labute approximate surface area is 213 Å². The zero-order chi connectivity index (χ0) is 26.5. The average molecular weight is 517 g/mol. The van der Waals surface area contributed by atoms with Gasteiger partial charge in [-0.1, -0.05) is 36.4 Å². The minimum Gasteiger partial charge on any atom is -0.491 e. The molecule has 3 aromatic carbocycles. The van der Waals surface area contributed by atoms with Crippen molar-refractivity contribution in [1.29, 1.82) is 0 Å². The molecule has 0 spiro atoms. The predicted octanol–water partition coefficient (Wildman–Crippen LogP) is 8.58. The maximum absolute atomic E-state index is 14.9. The molecule has 0 radical (unpaired) electrons. The topological polar surface area (TPSA) is 18.5 Å². The molecule has 1 aliphatic rings. The Bertz CT molecular complexity index is 1280. The van der Waals surface area contributed by atoms with Crippen LogP contribution in [-0.2, 0) is 11.2 Å². The first-order valence-electron chi connectivity index (χ1n) is 12.5. The average Bonchev–Trinajstić information content (AvgIpc) is 2.90. The van der Waals surface area contributed by atoms with Gasteiger partial charge >= 0.3 is 0 Å². The first kappa shape index (κ1) is 26.9. The van der Waals surface area contributed by atoms with Gasteiger partial charge < -0.3 is 9.47 Å². The number of aryl methyl sites for hydroxylation is 1. The second-order valence-electron chi connectivity index (χ2n) is 9.16. The van der Waals surface area contributed by atoms with Crippen LogP contribution in [0.15, 0.2) is 48.5 Å². The molecule has 0 bridgehead atoms. The number of benzene rings is 3. The highest BCUT2D eigenvalue weighted by Gasteiger charge is 2.25. The van der Waals surface area contributed by atoms with Gasteiger partial charge in [0.1, 0.15) is 5.82 Å². The lowest BCUT2D eigenvalue weighted by Crippen LogP contribution is -2.21. The van der Waals surface area contributed by atoms with Crippen LogP contribution in [-0.4, -0.2) is 13.2 Å². The summed E-state index contributed by atoms with van der Waals surface area (Å²) in [6.07, 6.45) is 5.63. The molecule has 0 aromatic heterocycles. The molecule has 3 aromatic rings. The van der Waals surface area contributed by atoms with Crippen molar-refractivity contribution >= 4 is 6.08 Å². The van der Waals surface area contributed by atoms with Crippen molar-refractivity contribution in [3.8, 4) is 16.9 Å². The van der Waals surface area contributed by atoms with Gasteiger partial charge in [0, 0.05) is 16.7 Å². The summed E-state index contributed by atoms with van der Waals surface area (Å²) < 4.78 is 83.7. The standard InChI is InChI=1S/C30H29F5O2/c1-3-5-19-9-10-21(16-24(19)31)25-14-7-18(17-37-25)6-8-20-11-12-22(28(33)27(20)32)23-13-15-26(36-4-2)30(35)29(23)34/h3,5,9-13,15-16,18,25H,4,6-8,14,17H2,1-2H3. The molecular formula is C30H29F5O2. The minimum absolute atomic E-state index is 0.141. The molecule has 4 rings (SSSR count). The zero-order valence-corrected chi connectivity index (χ0v) is 20.8. The van der Waals surface area contributed by atoms with Gasteiger partial charge in [0.25, 0.3) is 0 Å². The van der Waals surface area contributed by atoms with Crippen LogP contribution in [0.3, 0.4) is 0 Å². The molecular weight excluding hydrogens is 487 g/mol. The third-order valence-corrected chi connectivity index (χ3v) is 6.73. The van der Waals surface area contributed by atoms with Crippen LogP contribution in [0.25, 0.3) is 17.2 Å². The molecule has 0 N–H and O–H groups in total. The Morgan fingerprint density at radius 1 is 0.892 bits per heavy atom. The fraction of sp³-hybridized carbons (Fsp3) is 0.333. The molecule has 1 fully saturated rings. The van der Waals surface area contributed by atoms with E-state index in [4.69, 9.17) is 9.47 Å². The third kappa shape index (κ3) is 5.87. The quantitative estimate of drug-likeness (QED) is 0.279. The predicted molar refractivity (Wildman–Crippen MR) is 134 cm³/mol. The summed E-state index contributed by atoms with van der Waals surface area (Å²) in [6, 6.07) is 10.1. The van der Waals surface area contributed by atoms with E-state index in [9.17, 15) is 22.0 Å². The van der Waals surface area contributed by atoms with Crippen LogP contribution in [0.1, 0.15) is 55.9 Å². The van der Waals surface area contributed by atoms with E-state index < -0.39 is 23.3 Å². The van der Waals surface area contributed by atoms with Crippen LogP contribution in [0.5, 0.6) is 5.75 Å². The maximum Gasteiger partial charge on any atom is 0.201 e. The Morgan fingerprint density at radius 2 is 1.62 bits per heavy atom. The number of hydrogen-bond acceptors (Lipinski definition) is 2. The van der Waals surface area contributed by atoms with Gasteiger partial charge in [-0.2, -0.15) is 4.39 Å². The highest BCUT2D eigenvalue weighted by atomic mass is 19.2. The molecule has 2 unspecified atom stereocenters. The van der Waals surface area contributed by atoms with E-state index in [0.717, 1.165) is 12.0 Å². The summed E-state index contributed by atoms with van der Waals surface area (Å²) in [4.78, 5) is 0. The van der Waals surface area contributed by atoms with Gasteiger partial charge in [-0.3, -0.25) is 0 Å². The summed E-state index contributed by atoms with van der Waals surface area (Å²) in [5.74, 6) is -5.26. The molecule has 196 valence electrons. The molecule has 0 aliphatic carbocycles. The Hall–Kier alpha value is -3.19. The van der Waals surface area contributed by atoms with Crippen LogP contribution in [0, 0.1) is 35.0 Å². The monoisotopic (exact) mass is 516 g/mol. The van der Waals surface area contributed by atoms with Gasteiger partial charge in [0.15, 0.2) is 23.2 Å². The smallest absolute Gasteiger partial charge is 0.201 e. The fourth-order valence-corrected chi connectivity index (χ4v) is 4.71. The lowest BCUT2D eigenvalue weighted by Gasteiger charge is -2.29. The number of ether oxygens (including phenoxy) is 2. The second kappa shape index (κ2) is 11.9. The summed E-state index contributed by atoms with van der Waals surface area (Å²) in [5.41, 5.74) is 0.751. The molecule has 1 heterocycles. The molecule has 2 atom stereocenters. The first-order valence-corrected chi connectivity index (χ1v) is 12.5. The third-order valence-electron chi connectivity index (χ3n) is 6.73. The van der Waals surface area contributed by atoms with Crippen molar-refractivity contribution in [3.05, 3.63) is 94.3 Å². The molecule has 0 saturated carbocycles. The molecule has 1 saturated heterocycles. The van der Waals surface area contributed by atoms with E-state index in [-0.39, 0.29) is 53.3 Å². The number of allylic oxidation sites excluding steroid dienone is 1. The zero-order valence-electron chi connectivity index (χ0n) is 20.8. The van der Waals surface area contributed by atoms with E-state index in [2.05, 4.69) is 0 Å². The number of halogens is 5. The van der Waals surface area contributed by atoms with Gasteiger partial charge in [0.05, 0.1) is 19.3 Å². The van der Waals surface area contributed by atoms with E-state index in [1.54, 1.807) is 25.1 Å². The maximum atomic E-state index is 14.9. The van der Waals surface area contributed by atoms with Crippen molar-refractivity contribution in [2.45, 2.75) is 45.6 Å². The minimum atomic E-state index is -1.29. The highest BCUT2D eigenvalue weighted by Crippen LogP contribution is 2.35. The van der Waals surface area contributed by atoms with Gasteiger partial charge in [-0.15, -0.1) is 0 Å². The first-order chi connectivity index (χ1) is 17.8. The van der Waals surface area contributed by atoms with Crippen LogP contribution in [0.2, 0.25) is 0 Å². The fourth-order valence-electron chi connectivity index (χ4n) is 4.71. The number of hydrogen-bond donors (Lipinski definition) is 0. The molecule has 37 heavy (non-hydrogen) atoms. The molecule has 0 amide bonds. The van der Waals surface area contributed by atoms with E-state index in [1.807, 2.05) is 13.0 Å². The number of rotatable bonds is 8. The van der Waals surface area contributed by atoms with Crippen LogP contribution >= 0.6 is 0 Å². The lowest BCUT2D eigenvalue weighted by atomic mass is 9.89. The Morgan fingerprint density at radius 3 is 2.27 bits per heavy atom. The largest absolute Gasteiger partial charge is 0.491 e.